The summed E-state index contributed by atoms with van der Waals surface area (Å²) >= 11 is 0. The van der Waals surface area contributed by atoms with Crippen molar-refractivity contribution in [2.45, 2.75) is 38.3 Å². The first-order valence-electron chi connectivity index (χ1n) is 7.35. The Bertz CT molecular complexity index is 490. The van der Waals surface area contributed by atoms with Crippen LogP contribution in [0, 0.1) is 5.92 Å². The maximum Gasteiger partial charge on any atom is 0.223 e. The van der Waals surface area contributed by atoms with Gasteiger partial charge < -0.3 is 15.7 Å². The van der Waals surface area contributed by atoms with E-state index >= 15 is 0 Å². The highest BCUT2D eigenvalue weighted by Crippen LogP contribution is 2.13. The predicted molar refractivity (Wildman–Crippen MR) is 79.5 cm³/mol. The Balaban J connectivity index is 1.83. The van der Waals surface area contributed by atoms with Crippen molar-refractivity contribution in [1.29, 1.82) is 0 Å². The second kappa shape index (κ2) is 7.22. The van der Waals surface area contributed by atoms with Crippen molar-refractivity contribution in [2.24, 2.45) is 5.92 Å². The first-order chi connectivity index (χ1) is 10.1. The summed E-state index contributed by atoms with van der Waals surface area (Å²) in [5.74, 6) is -0.520. The molecule has 114 valence electrons. The number of amides is 2. The van der Waals surface area contributed by atoms with E-state index in [9.17, 15) is 14.7 Å². The normalized spacial score (nSPS) is 21.2. The van der Waals surface area contributed by atoms with Crippen LogP contribution < -0.4 is 10.6 Å². The Kier molecular flexibility index (Phi) is 5.33. The molecule has 21 heavy (non-hydrogen) atoms. The molecule has 0 radical (unpaired) electrons. The van der Waals surface area contributed by atoms with E-state index in [1.54, 1.807) is 6.92 Å². The zero-order chi connectivity index (χ0) is 15.2. The summed E-state index contributed by atoms with van der Waals surface area (Å²) in [5, 5.41) is 15.7. The van der Waals surface area contributed by atoms with Crippen LogP contribution in [0.25, 0.3) is 0 Å². The molecule has 0 aromatic heterocycles. The van der Waals surface area contributed by atoms with Crippen molar-refractivity contribution in [3.8, 4) is 0 Å². The van der Waals surface area contributed by atoms with Crippen LogP contribution in [0.1, 0.15) is 25.3 Å². The largest absolute Gasteiger partial charge is 0.391 e. The quantitative estimate of drug-likeness (QED) is 0.744. The van der Waals surface area contributed by atoms with E-state index in [4.69, 9.17) is 0 Å². The lowest BCUT2D eigenvalue weighted by Crippen LogP contribution is -2.47. The SMILES string of the molecule is CC(NC(=O)C1CCNC(=O)C1)C(O)Cc1ccccc1. The molecule has 0 aliphatic carbocycles. The van der Waals surface area contributed by atoms with E-state index < -0.39 is 6.10 Å². The van der Waals surface area contributed by atoms with E-state index in [0.29, 0.717) is 19.4 Å². The first kappa shape index (κ1) is 15.5. The van der Waals surface area contributed by atoms with Crippen molar-refractivity contribution >= 4 is 11.8 Å². The van der Waals surface area contributed by atoms with Gasteiger partial charge in [0, 0.05) is 25.3 Å². The lowest BCUT2D eigenvalue weighted by Gasteiger charge is -2.25. The Morgan fingerprint density at radius 2 is 2.14 bits per heavy atom. The van der Waals surface area contributed by atoms with Crippen LogP contribution in [-0.4, -0.2) is 35.6 Å². The molecule has 0 spiro atoms. The molecule has 0 saturated carbocycles. The van der Waals surface area contributed by atoms with Crippen molar-refractivity contribution in [3.63, 3.8) is 0 Å². The average molecular weight is 290 g/mol. The monoisotopic (exact) mass is 290 g/mol. The van der Waals surface area contributed by atoms with Gasteiger partial charge in [-0.1, -0.05) is 30.3 Å². The van der Waals surface area contributed by atoms with Gasteiger partial charge in [0.05, 0.1) is 12.1 Å². The molecule has 1 aliphatic rings. The van der Waals surface area contributed by atoms with Crippen molar-refractivity contribution in [3.05, 3.63) is 35.9 Å². The minimum atomic E-state index is -0.645. The van der Waals surface area contributed by atoms with E-state index in [1.165, 1.54) is 0 Å². The van der Waals surface area contributed by atoms with Crippen LogP contribution in [0.3, 0.4) is 0 Å². The van der Waals surface area contributed by atoms with Crippen molar-refractivity contribution in [1.82, 2.24) is 10.6 Å². The van der Waals surface area contributed by atoms with Crippen LogP contribution >= 0.6 is 0 Å². The van der Waals surface area contributed by atoms with Gasteiger partial charge in [0.1, 0.15) is 0 Å². The number of piperidine rings is 1. The van der Waals surface area contributed by atoms with Gasteiger partial charge in [-0.3, -0.25) is 9.59 Å². The third-order valence-corrected chi connectivity index (χ3v) is 3.85. The van der Waals surface area contributed by atoms with E-state index in [1.807, 2.05) is 30.3 Å². The average Bonchev–Trinajstić information content (AvgIpc) is 2.48. The fourth-order valence-electron chi connectivity index (χ4n) is 2.48. The summed E-state index contributed by atoms with van der Waals surface area (Å²) in [6.07, 6.45) is 0.730. The van der Waals surface area contributed by atoms with Crippen LogP contribution in [0.5, 0.6) is 0 Å². The van der Waals surface area contributed by atoms with Crippen LogP contribution in [0.15, 0.2) is 30.3 Å². The van der Waals surface area contributed by atoms with Gasteiger partial charge in [0.25, 0.3) is 0 Å². The molecule has 5 nitrogen and oxygen atoms in total. The maximum atomic E-state index is 12.1. The van der Waals surface area contributed by atoms with E-state index in [-0.39, 0.29) is 30.2 Å². The smallest absolute Gasteiger partial charge is 0.223 e. The van der Waals surface area contributed by atoms with Gasteiger partial charge in [-0.25, -0.2) is 0 Å². The second-order valence-electron chi connectivity index (χ2n) is 5.59. The molecule has 1 aromatic rings. The summed E-state index contributed by atoms with van der Waals surface area (Å²) in [5.41, 5.74) is 1.03. The van der Waals surface area contributed by atoms with Gasteiger partial charge in [-0.05, 0) is 18.9 Å². The first-order valence-corrected chi connectivity index (χ1v) is 7.35. The number of benzene rings is 1. The summed E-state index contributed by atoms with van der Waals surface area (Å²) in [6, 6.07) is 9.32. The lowest BCUT2D eigenvalue weighted by molar-refractivity contribution is -0.133. The summed E-state index contributed by atoms with van der Waals surface area (Å²) in [6.45, 7) is 2.33. The summed E-state index contributed by atoms with van der Waals surface area (Å²) in [4.78, 5) is 23.4. The number of aliphatic hydroxyl groups excluding tert-OH is 1. The van der Waals surface area contributed by atoms with Crippen molar-refractivity contribution in [2.75, 3.05) is 6.54 Å². The van der Waals surface area contributed by atoms with E-state index in [0.717, 1.165) is 5.56 Å². The Morgan fingerprint density at radius 1 is 1.43 bits per heavy atom. The fourth-order valence-corrected chi connectivity index (χ4v) is 2.48. The van der Waals surface area contributed by atoms with Crippen LogP contribution in [0.2, 0.25) is 0 Å². The molecule has 1 aliphatic heterocycles. The zero-order valence-corrected chi connectivity index (χ0v) is 12.2. The molecular weight excluding hydrogens is 268 g/mol. The highest BCUT2D eigenvalue weighted by molar-refractivity contribution is 5.87. The number of nitrogens with one attached hydrogen (secondary N) is 2. The number of aliphatic hydroxyl groups is 1. The molecule has 1 fully saturated rings. The summed E-state index contributed by atoms with van der Waals surface area (Å²) < 4.78 is 0. The Hall–Kier alpha value is -1.88. The molecule has 1 heterocycles. The molecule has 3 unspecified atom stereocenters. The third-order valence-electron chi connectivity index (χ3n) is 3.85. The van der Waals surface area contributed by atoms with Gasteiger partial charge in [-0.2, -0.15) is 0 Å². The van der Waals surface area contributed by atoms with Crippen molar-refractivity contribution < 1.29 is 14.7 Å². The van der Waals surface area contributed by atoms with Gasteiger partial charge in [0.15, 0.2) is 0 Å². The van der Waals surface area contributed by atoms with Gasteiger partial charge >= 0.3 is 0 Å². The fraction of sp³-hybridized carbons (Fsp3) is 0.500. The third kappa shape index (κ3) is 4.56. The highest BCUT2D eigenvalue weighted by Gasteiger charge is 2.27. The molecule has 5 heteroatoms. The topological polar surface area (TPSA) is 78.4 Å². The zero-order valence-electron chi connectivity index (χ0n) is 12.2. The lowest BCUT2D eigenvalue weighted by atomic mass is 9.95. The predicted octanol–water partition coefficient (Wildman–Crippen LogP) is 0.621. The second-order valence-corrected chi connectivity index (χ2v) is 5.59. The minimum absolute atomic E-state index is 0.0844. The minimum Gasteiger partial charge on any atom is -0.391 e. The number of carbonyl (C=O) groups excluding carboxylic acids is 2. The number of hydrogen-bond acceptors (Lipinski definition) is 3. The van der Waals surface area contributed by atoms with Crippen LogP contribution in [-0.2, 0) is 16.0 Å². The number of hydrogen-bond donors (Lipinski definition) is 3. The standard InChI is InChI=1S/C16H22N2O3/c1-11(14(19)9-12-5-3-2-4-6-12)18-16(21)13-7-8-17-15(20)10-13/h2-6,11,13-14,19H,7-10H2,1H3,(H,17,20)(H,18,21). The van der Waals surface area contributed by atoms with Gasteiger partial charge in [-0.15, -0.1) is 0 Å². The van der Waals surface area contributed by atoms with E-state index in [2.05, 4.69) is 10.6 Å². The molecule has 1 saturated heterocycles. The molecule has 3 atom stereocenters. The maximum absolute atomic E-state index is 12.1. The Labute approximate surface area is 124 Å². The van der Waals surface area contributed by atoms with Gasteiger partial charge in [0.2, 0.25) is 11.8 Å². The summed E-state index contributed by atoms with van der Waals surface area (Å²) in [7, 11) is 0. The molecule has 1 aromatic carbocycles. The molecule has 3 N–H and O–H groups in total. The number of carbonyl (C=O) groups is 2. The van der Waals surface area contributed by atoms with Crippen LogP contribution in [0.4, 0.5) is 0 Å². The molecular formula is C16H22N2O3. The molecule has 2 rings (SSSR count). The highest BCUT2D eigenvalue weighted by atomic mass is 16.3. The molecule has 2 amide bonds. The number of rotatable bonds is 5. The Morgan fingerprint density at radius 3 is 2.81 bits per heavy atom. The molecule has 0 bridgehead atoms.